The fourth-order valence-corrected chi connectivity index (χ4v) is 8.85. The van der Waals surface area contributed by atoms with E-state index in [1.54, 1.807) is 0 Å². The van der Waals surface area contributed by atoms with Crippen molar-refractivity contribution in [3.05, 3.63) is 156 Å². The van der Waals surface area contributed by atoms with Gasteiger partial charge < -0.3 is 15.4 Å². The van der Waals surface area contributed by atoms with E-state index >= 15 is 0 Å². The fraction of sp³-hybridized carbons (Fsp3) is 0.146. The van der Waals surface area contributed by atoms with Crippen LogP contribution in [-0.2, 0) is 5.41 Å². The number of rotatable bonds is 7. The fourth-order valence-electron chi connectivity index (χ4n) is 7.74. The molecule has 0 aliphatic rings. The second-order valence-electron chi connectivity index (χ2n) is 15.3. The van der Waals surface area contributed by atoms with Crippen molar-refractivity contribution in [1.82, 2.24) is 9.55 Å². The van der Waals surface area contributed by atoms with E-state index in [-0.39, 0.29) is 5.41 Å². The van der Waals surface area contributed by atoms with Crippen LogP contribution in [0.2, 0.25) is 0 Å². The zero-order valence-electron chi connectivity index (χ0n) is 31.4. The van der Waals surface area contributed by atoms with Crippen LogP contribution in [0, 0.1) is 20.8 Å². The Kier molecular flexibility index (Phi) is 8.16. The van der Waals surface area contributed by atoms with Gasteiger partial charge >= 0.3 is 0 Å². The predicted octanol–water partition coefficient (Wildman–Crippen LogP) is 14.0. The number of anilines is 4. The molecule has 0 amide bonds. The molecule has 3 heterocycles. The van der Waals surface area contributed by atoms with Crippen LogP contribution in [0.3, 0.4) is 0 Å². The molecule has 5 nitrogen and oxygen atoms in total. The quantitative estimate of drug-likeness (QED) is 0.172. The molecule has 9 rings (SSSR count). The number of thiophene rings is 1. The summed E-state index contributed by atoms with van der Waals surface area (Å²) in [5.41, 5.74) is 11.2. The van der Waals surface area contributed by atoms with Gasteiger partial charge in [-0.3, -0.25) is 4.57 Å². The normalized spacial score (nSPS) is 11.9. The van der Waals surface area contributed by atoms with Crippen LogP contribution in [0.25, 0.3) is 47.8 Å². The molecule has 3 aromatic heterocycles. The van der Waals surface area contributed by atoms with Crippen LogP contribution in [0.15, 0.2) is 134 Å². The van der Waals surface area contributed by atoms with Gasteiger partial charge in [0.1, 0.15) is 17.3 Å². The largest absolute Gasteiger partial charge is 0.457 e. The lowest BCUT2D eigenvalue weighted by Gasteiger charge is -2.20. The summed E-state index contributed by atoms with van der Waals surface area (Å²) < 4.78 is 11.5. The third-order valence-electron chi connectivity index (χ3n) is 10.3. The Morgan fingerprint density at radius 3 is 2.15 bits per heavy atom. The van der Waals surface area contributed by atoms with E-state index in [9.17, 15) is 0 Å². The lowest BCUT2D eigenvalue weighted by atomic mass is 9.88. The number of para-hydroxylation sites is 2. The zero-order chi connectivity index (χ0) is 37.1. The zero-order valence-corrected chi connectivity index (χ0v) is 32.2. The molecular formula is C48H42N4OS. The van der Waals surface area contributed by atoms with Gasteiger partial charge in [0.2, 0.25) is 0 Å². The maximum atomic E-state index is 6.65. The summed E-state index contributed by atoms with van der Waals surface area (Å²) >= 11 is 1.84. The summed E-state index contributed by atoms with van der Waals surface area (Å²) in [5, 5.41) is 12.2. The van der Waals surface area contributed by atoms with Gasteiger partial charge in [-0.25, -0.2) is 4.98 Å². The number of nitrogens with zero attached hydrogens (tertiary/aromatic N) is 2. The summed E-state index contributed by atoms with van der Waals surface area (Å²) in [4.78, 5) is 4.99. The van der Waals surface area contributed by atoms with Crippen molar-refractivity contribution >= 4 is 76.1 Å². The molecule has 0 unspecified atom stereocenters. The molecule has 0 fully saturated rings. The molecule has 0 bridgehead atoms. The van der Waals surface area contributed by atoms with Crippen molar-refractivity contribution < 1.29 is 4.74 Å². The molecule has 6 aromatic carbocycles. The van der Waals surface area contributed by atoms with Crippen molar-refractivity contribution in [2.45, 2.75) is 47.0 Å². The van der Waals surface area contributed by atoms with Crippen molar-refractivity contribution in [1.29, 1.82) is 0 Å². The van der Waals surface area contributed by atoms with E-state index in [4.69, 9.17) is 9.72 Å². The number of hydrogen-bond acceptors (Lipinski definition) is 5. The van der Waals surface area contributed by atoms with Crippen LogP contribution in [-0.4, -0.2) is 9.55 Å². The first-order valence-corrected chi connectivity index (χ1v) is 19.3. The summed E-state index contributed by atoms with van der Waals surface area (Å²) in [6, 6.07) is 44.9. The number of pyridine rings is 1. The molecule has 2 N–H and O–H groups in total. The molecule has 0 aliphatic heterocycles. The van der Waals surface area contributed by atoms with Crippen LogP contribution in [0.4, 0.5) is 22.7 Å². The molecule has 6 heteroatoms. The Bertz CT molecular complexity index is 2870. The molecule has 266 valence electrons. The van der Waals surface area contributed by atoms with E-state index in [1.165, 1.54) is 53.3 Å². The maximum Gasteiger partial charge on any atom is 0.137 e. The number of hydrogen-bond donors (Lipinski definition) is 2. The van der Waals surface area contributed by atoms with Gasteiger partial charge in [0.15, 0.2) is 0 Å². The number of nitrogens with one attached hydrogen (secondary N) is 2. The molecular weight excluding hydrogens is 681 g/mol. The number of fused-ring (bicyclic) bond motifs is 7. The molecule has 0 saturated carbocycles. The van der Waals surface area contributed by atoms with E-state index in [2.05, 4.69) is 166 Å². The smallest absolute Gasteiger partial charge is 0.137 e. The lowest BCUT2D eigenvalue weighted by molar-refractivity contribution is 0.483. The molecule has 0 saturated heterocycles. The number of aryl methyl sites for hydroxylation is 3. The van der Waals surface area contributed by atoms with Crippen molar-refractivity contribution in [3.8, 4) is 17.3 Å². The monoisotopic (exact) mass is 722 g/mol. The van der Waals surface area contributed by atoms with Crippen molar-refractivity contribution in [3.63, 3.8) is 0 Å². The van der Waals surface area contributed by atoms with Crippen LogP contribution in [0.1, 0.15) is 43.0 Å². The third-order valence-corrected chi connectivity index (χ3v) is 11.4. The highest BCUT2D eigenvalue weighted by Gasteiger charge is 2.21. The van der Waals surface area contributed by atoms with Gasteiger partial charge in [-0.05, 0) is 104 Å². The molecule has 0 spiro atoms. The predicted molar refractivity (Wildman–Crippen MR) is 230 cm³/mol. The number of benzene rings is 6. The minimum Gasteiger partial charge on any atom is -0.457 e. The van der Waals surface area contributed by atoms with Gasteiger partial charge in [0.25, 0.3) is 0 Å². The molecule has 54 heavy (non-hydrogen) atoms. The third kappa shape index (κ3) is 6.02. The summed E-state index contributed by atoms with van der Waals surface area (Å²) in [6.45, 7) is 13.2. The first-order valence-electron chi connectivity index (χ1n) is 18.4. The minimum absolute atomic E-state index is 0.0245. The SMILES string of the molecule is Cc1cc(C)c(Nc2ccccc2Nc2cccc(Oc3ccc4c5ccc6sc7ccccc7c6c5n(-c5cc(C(C)(C)C)ccn5)c4c3)c2)c(C)c1. The van der Waals surface area contributed by atoms with Gasteiger partial charge in [0.05, 0.1) is 22.4 Å². The van der Waals surface area contributed by atoms with Crippen LogP contribution < -0.4 is 15.4 Å². The first-order chi connectivity index (χ1) is 26.1. The summed E-state index contributed by atoms with van der Waals surface area (Å²) in [6.07, 6.45) is 1.94. The van der Waals surface area contributed by atoms with Gasteiger partial charge in [0, 0.05) is 60.6 Å². The second kappa shape index (κ2) is 13.1. The van der Waals surface area contributed by atoms with Crippen LogP contribution in [0.5, 0.6) is 11.5 Å². The number of aromatic nitrogens is 2. The Hall–Kier alpha value is -6.11. The Labute approximate surface area is 319 Å². The van der Waals surface area contributed by atoms with Gasteiger partial charge in [-0.15, -0.1) is 11.3 Å². The molecule has 0 radical (unpaired) electrons. The highest BCUT2D eigenvalue weighted by molar-refractivity contribution is 7.26. The average molecular weight is 723 g/mol. The average Bonchev–Trinajstić information content (AvgIpc) is 3.69. The maximum absolute atomic E-state index is 6.65. The Morgan fingerprint density at radius 1 is 0.630 bits per heavy atom. The van der Waals surface area contributed by atoms with Crippen molar-refractivity contribution in [2.24, 2.45) is 0 Å². The lowest BCUT2D eigenvalue weighted by Crippen LogP contribution is -2.12. The second-order valence-corrected chi connectivity index (χ2v) is 16.4. The van der Waals surface area contributed by atoms with E-state index in [0.717, 1.165) is 51.0 Å². The van der Waals surface area contributed by atoms with E-state index in [1.807, 2.05) is 35.7 Å². The van der Waals surface area contributed by atoms with Crippen LogP contribution >= 0.6 is 11.3 Å². The standard InChI is InChI=1S/C48H42N4OS/c1-29-24-30(2)46(31(3)25-29)51-40-16-9-8-15-39(40)50-33-12-11-13-34(27-33)53-35-18-19-36-37-20-21-43-45(38-14-7-10-17-42(38)54-43)47(37)52(41(36)28-35)44-26-32(22-23-49-44)48(4,5)6/h7-28,50-51H,1-6H3. The highest BCUT2D eigenvalue weighted by Crippen LogP contribution is 2.44. The first kappa shape index (κ1) is 33.7. The van der Waals surface area contributed by atoms with E-state index in [0.29, 0.717) is 0 Å². The highest BCUT2D eigenvalue weighted by atomic mass is 32.1. The summed E-state index contributed by atoms with van der Waals surface area (Å²) in [5.74, 6) is 2.41. The molecule has 0 aliphatic carbocycles. The van der Waals surface area contributed by atoms with Gasteiger partial charge in [-0.1, -0.05) is 80.9 Å². The molecule has 0 atom stereocenters. The molecule has 9 aromatic rings. The minimum atomic E-state index is -0.0245. The summed E-state index contributed by atoms with van der Waals surface area (Å²) in [7, 11) is 0. The number of ether oxygens (including phenoxy) is 1. The Morgan fingerprint density at radius 2 is 1.35 bits per heavy atom. The Balaban J connectivity index is 1.12. The van der Waals surface area contributed by atoms with Crippen molar-refractivity contribution in [2.75, 3.05) is 10.6 Å². The topological polar surface area (TPSA) is 51.1 Å². The van der Waals surface area contributed by atoms with E-state index < -0.39 is 0 Å². The van der Waals surface area contributed by atoms with Gasteiger partial charge in [-0.2, -0.15) is 0 Å².